The molecule has 5 N–H and O–H groups in total. The first-order valence-electron chi connectivity index (χ1n) is 9.30. The Morgan fingerprint density at radius 2 is 1.93 bits per heavy atom. The van der Waals surface area contributed by atoms with Crippen molar-refractivity contribution in [3.8, 4) is 0 Å². The summed E-state index contributed by atoms with van der Waals surface area (Å²) < 4.78 is 31.7. The lowest BCUT2D eigenvalue weighted by molar-refractivity contribution is 0.0998. The number of hydrogen-bond acceptors (Lipinski definition) is 4. The minimum absolute atomic E-state index is 0.137. The maximum atomic E-state index is 15.4. The zero-order valence-corrected chi connectivity index (χ0v) is 15.7. The molecule has 150 valence electrons. The van der Waals surface area contributed by atoms with E-state index in [1.807, 2.05) is 30.3 Å². The Labute approximate surface area is 165 Å². The highest BCUT2D eigenvalue weighted by Crippen LogP contribution is 2.44. The first-order valence-corrected chi connectivity index (χ1v) is 9.30. The molecule has 0 bridgehead atoms. The topological polar surface area (TPSA) is 103 Å². The molecule has 1 aromatic heterocycles. The van der Waals surface area contributed by atoms with Crippen molar-refractivity contribution in [3.05, 3.63) is 69.5 Å². The molecule has 8 heteroatoms. The molecule has 3 aromatic rings. The number of fused-ring (bicyclic) bond motifs is 1. The second kappa shape index (κ2) is 6.88. The number of nitrogens with one attached hydrogen (secondary N) is 1. The number of amides is 1. The maximum absolute atomic E-state index is 15.4. The molecule has 0 aliphatic heterocycles. The van der Waals surface area contributed by atoms with E-state index < -0.39 is 28.7 Å². The molecule has 6 nitrogen and oxygen atoms in total. The molecule has 1 aliphatic carbocycles. The van der Waals surface area contributed by atoms with Gasteiger partial charge in [-0.2, -0.15) is 0 Å². The van der Waals surface area contributed by atoms with Gasteiger partial charge in [-0.05, 0) is 18.9 Å². The summed E-state index contributed by atoms with van der Waals surface area (Å²) in [6.07, 6.45) is 1.91. The summed E-state index contributed by atoms with van der Waals surface area (Å²) in [6.45, 7) is 1.93. The van der Waals surface area contributed by atoms with Crippen LogP contribution in [-0.2, 0) is 6.54 Å². The lowest BCUT2D eigenvalue weighted by Gasteiger charge is -2.17. The largest absolute Gasteiger partial charge is 0.396 e. The van der Waals surface area contributed by atoms with Crippen LogP contribution in [-0.4, -0.2) is 16.5 Å². The molecular formula is C21H20F2N4O2. The number of nitrogens with zero attached hydrogens (tertiary/aromatic N) is 1. The Morgan fingerprint density at radius 1 is 1.24 bits per heavy atom. The first-order chi connectivity index (χ1) is 13.8. The number of carbonyl (C=O) groups excluding carboxylic acids is 1. The van der Waals surface area contributed by atoms with E-state index in [0.717, 1.165) is 12.0 Å². The van der Waals surface area contributed by atoms with Crippen molar-refractivity contribution in [2.24, 2.45) is 5.73 Å². The number of anilines is 2. The normalized spacial score (nSPS) is 18.0. The number of halogens is 2. The van der Waals surface area contributed by atoms with Crippen LogP contribution in [0.15, 0.2) is 41.3 Å². The standard InChI is InChI=1S/C21H20F2N4O2/c1-2-27-9-12(21(25)29)20(28)14-17(24)15(22)18(16(23)19(14)27)26-13-8-11(13)10-6-4-3-5-7-10/h3-7,9,11,13,26H,2,8,24H2,1H3,(H2,25,29). The van der Waals surface area contributed by atoms with E-state index in [1.165, 1.54) is 10.8 Å². The fourth-order valence-electron chi connectivity index (χ4n) is 3.77. The highest BCUT2D eigenvalue weighted by Gasteiger charge is 2.40. The van der Waals surface area contributed by atoms with Gasteiger partial charge in [0.15, 0.2) is 11.6 Å². The lowest BCUT2D eigenvalue weighted by Crippen LogP contribution is -2.26. The van der Waals surface area contributed by atoms with E-state index in [9.17, 15) is 14.0 Å². The average Bonchev–Trinajstić information content (AvgIpc) is 3.49. The molecule has 1 fully saturated rings. The maximum Gasteiger partial charge on any atom is 0.254 e. The Balaban J connectivity index is 1.84. The number of pyridine rings is 1. The predicted octanol–water partition coefficient (Wildman–Crippen LogP) is 2.95. The summed E-state index contributed by atoms with van der Waals surface area (Å²) in [7, 11) is 0. The molecule has 1 amide bonds. The third kappa shape index (κ3) is 3.00. The van der Waals surface area contributed by atoms with E-state index in [0.29, 0.717) is 0 Å². The van der Waals surface area contributed by atoms with Crippen molar-refractivity contribution in [3.63, 3.8) is 0 Å². The van der Waals surface area contributed by atoms with Gasteiger partial charge in [0.05, 0.1) is 16.6 Å². The third-order valence-electron chi connectivity index (χ3n) is 5.39. The summed E-state index contributed by atoms with van der Waals surface area (Å²) in [5.41, 5.74) is 9.92. The smallest absolute Gasteiger partial charge is 0.254 e. The van der Waals surface area contributed by atoms with Crippen molar-refractivity contribution in [2.45, 2.75) is 31.8 Å². The number of hydrogen-bond donors (Lipinski definition) is 3. The third-order valence-corrected chi connectivity index (χ3v) is 5.39. The second-order valence-electron chi connectivity index (χ2n) is 7.17. The second-order valence-corrected chi connectivity index (χ2v) is 7.17. The Kier molecular flexibility index (Phi) is 4.49. The fourth-order valence-corrected chi connectivity index (χ4v) is 3.77. The SMILES string of the molecule is CCn1cc(C(N)=O)c(=O)c2c(N)c(F)c(NC3CC3c3ccccc3)c(F)c21. The van der Waals surface area contributed by atoms with Crippen molar-refractivity contribution < 1.29 is 13.6 Å². The quantitative estimate of drug-likeness (QED) is 0.575. The zero-order valence-electron chi connectivity index (χ0n) is 15.7. The molecule has 0 radical (unpaired) electrons. The van der Waals surface area contributed by atoms with Crippen molar-refractivity contribution in [1.29, 1.82) is 0 Å². The van der Waals surface area contributed by atoms with Crippen molar-refractivity contribution in [2.75, 3.05) is 11.1 Å². The van der Waals surface area contributed by atoms with Crippen LogP contribution in [0.3, 0.4) is 0 Å². The van der Waals surface area contributed by atoms with Gasteiger partial charge in [0, 0.05) is 24.7 Å². The minimum Gasteiger partial charge on any atom is -0.396 e. The van der Waals surface area contributed by atoms with Gasteiger partial charge in [-0.15, -0.1) is 0 Å². The molecule has 0 saturated heterocycles. The van der Waals surface area contributed by atoms with Gasteiger partial charge < -0.3 is 21.4 Å². The van der Waals surface area contributed by atoms with Crippen LogP contribution < -0.4 is 22.2 Å². The Morgan fingerprint density at radius 3 is 2.55 bits per heavy atom. The number of nitrogen functional groups attached to an aromatic ring is 1. The van der Waals surface area contributed by atoms with E-state index in [1.54, 1.807) is 6.92 Å². The Bertz CT molecular complexity index is 1190. The molecule has 0 spiro atoms. The van der Waals surface area contributed by atoms with Gasteiger partial charge in [-0.1, -0.05) is 30.3 Å². The van der Waals surface area contributed by atoms with Gasteiger partial charge in [-0.25, -0.2) is 8.78 Å². The summed E-state index contributed by atoms with van der Waals surface area (Å²) in [5, 5.41) is 2.53. The number of rotatable bonds is 5. The molecule has 1 heterocycles. The van der Waals surface area contributed by atoms with Gasteiger partial charge >= 0.3 is 0 Å². The molecular weight excluding hydrogens is 378 g/mol. The van der Waals surface area contributed by atoms with E-state index in [4.69, 9.17) is 11.5 Å². The zero-order chi connectivity index (χ0) is 20.9. The highest BCUT2D eigenvalue weighted by molar-refractivity contribution is 6.01. The van der Waals surface area contributed by atoms with Crippen LogP contribution in [0.2, 0.25) is 0 Å². The van der Waals surface area contributed by atoms with Gasteiger partial charge in [0.1, 0.15) is 11.3 Å². The summed E-state index contributed by atoms with van der Waals surface area (Å²) in [6, 6.07) is 9.51. The Hall–Kier alpha value is -3.42. The fraction of sp³-hybridized carbons (Fsp3) is 0.238. The van der Waals surface area contributed by atoms with Gasteiger partial charge in [0.2, 0.25) is 5.43 Å². The molecule has 4 rings (SSSR count). The van der Waals surface area contributed by atoms with E-state index in [-0.39, 0.29) is 40.7 Å². The van der Waals surface area contributed by atoms with Crippen LogP contribution in [0.1, 0.15) is 35.2 Å². The average molecular weight is 398 g/mol. The van der Waals surface area contributed by atoms with Crippen LogP contribution in [0.4, 0.5) is 20.2 Å². The molecule has 2 aromatic carbocycles. The number of aromatic nitrogens is 1. The van der Waals surface area contributed by atoms with Crippen LogP contribution in [0.25, 0.3) is 10.9 Å². The first kappa shape index (κ1) is 18.9. The molecule has 2 atom stereocenters. The molecule has 29 heavy (non-hydrogen) atoms. The predicted molar refractivity (Wildman–Crippen MR) is 108 cm³/mol. The number of benzene rings is 2. The van der Waals surface area contributed by atoms with Crippen LogP contribution in [0, 0.1) is 11.6 Å². The summed E-state index contributed by atoms with van der Waals surface area (Å²) in [5.74, 6) is -2.81. The number of nitrogens with two attached hydrogens (primary N) is 2. The monoisotopic (exact) mass is 398 g/mol. The van der Waals surface area contributed by atoms with Crippen LogP contribution >= 0.6 is 0 Å². The van der Waals surface area contributed by atoms with Gasteiger partial charge in [0.25, 0.3) is 5.91 Å². The molecule has 1 aliphatic rings. The molecule has 2 unspecified atom stereocenters. The summed E-state index contributed by atoms with van der Waals surface area (Å²) in [4.78, 5) is 24.2. The number of carbonyl (C=O) groups is 1. The molecule has 1 saturated carbocycles. The van der Waals surface area contributed by atoms with Gasteiger partial charge in [-0.3, -0.25) is 9.59 Å². The number of primary amides is 1. The summed E-state index contributed by atoms with van der Waals surface area (Å²) >= 11 is 0. The highest BCUT2D eigenvalue weighted by atomic mass is 19.1. The van der Waals surface area contributed by atoms with Crippen molar-refractivity contribution in [1.82, 2.24) is 4.57 Å². The number of aryl methyl sites for hydroxylation is 1. The lowest BCUT2D eigenvalue weighted by atomic mass is 10.1. The van der Waals surface area contributed by atoms with Crippen molar-refractivity contribution >= 4 is 28.2 Å². The van der Waals surface area contributed by atoms with Crippen LogP contribution in [0.5, 0.6) is 0 Å². The minimum atomic E-state index is -1.05. The van der Waals surface area contributed by atoms with E-state index >= 15 is 4.39 Å². The van der Waals surface area contributed by atoms with E-state index in [2.05, 4.69) is 5.32 Å².